The van der Waals surface area contributed by atoms with Gasteiger partial charge < -0.3 is 29.5 Å². The molecule has 5 rings (SSSR count). The highest BCUT2D eigenvalue weighted by Crippen LogP contribution is 2.34. The Hall–Kier alpha value is -4.68. The topological polar surface area (TPSA) is 124 Å². The maximum Gasteiger partial charge on any atom is 0.407 e. The number of nitrogens with one attached hydrogen (secondary N) is 1. The van der Waals surface area contributed by atoms with Crippen LogP contribution in [0.15, 0.2) is 42.5 Å². The van der Waals surface area contributed by atoms with E-state index >= 15 is 0 Å². The number of hydrogen-bond acceptors (Lipinski definition) is 5. The zero-order valence-corrected chi connectivity index (χ0v) is 26.9. The van der Waals surface area contributed by atoms with E-state index in [0.717, 1.165) is 48.6 Å². The summed E-state index contributed by atoms with van der Waals surface area (Å²) >= 11 is 0. The van der Waals surface area contributed by atoms with Crippen molar-refractivity contribution in [2.45, 2.75) is 57.7 Å². The molecule has 1 saturated heterocycles. The molecular weight excluding hydrogens is 612 g/mol. The van der Waals surface area contributed by atoms with Gasteiger partial charge in [-0.3, -0.25) is 19.3 Å². The molecular formula is C34H41F2N5O6. The molecule has 2 atom stereocenters. The van der Waals surface area contributed by atoms with Crippen LogP contribution >= 0.6 is 0 Å². The molecule has 1 aromatic heterocycles. The number of ether oxygens (including phenoxy) is 1. The molecule has 2 aromatic carbocycles. The van der Waals surface area contributed by atoms with Crippen molar-refractivity contribution in [1.82, 2.24) is 24.6 Å². The molecule has 2 fully saturated rings. The van der Waals surface area contributed by atoms with E-state index in [1.807, 2.05) is 30.3 Å². The summed E-state index contributed by atoms with van der Waals surface area (Å²) in [5, 5.41) is 12.4. The number of carbonyl (C=O) groups is 4. The normalized spacial score (nSPS) is 16.9. The van der Waals surface area contributed by atoms with E-state index in [-0.39, 0.29) is 67.3 Å². The van der Waals surface area contributed by atoms with Crippen LogP contribution in [0.1, 0.15) is 55.1 Å². The number of aryl methyl sites for hydroxylation is 1. The number of likely N-dealkylation sites (N-methyl/N-ethyl adjacent to an activating group) is 1. The van der Waals surface area contributed by atoms with Crippen molar-refractivity contribution < 1.29 is 37.8 Å². The fraction of sp³-hybridized carbons (Fsp3) is 0.471. The minimum Gasteiger partial charge on any atom is -0.485 e. The number of fused-ring (bicyclic) bond motifs is 1. The Kier molecular flexibility index (Phi) is 10.3. The Morgan fingerprint density at radius 1 is 1.00 bits per heavy atom. The highest BCUT2D eigenvalue weighted by molar-refractivity contribution is 6.00. The molecule has 11 nitrogen and oxygen atoms in total. The number of rotatable bonds is 9. The molecule has 4 amide bonds. The van der Waals surface area contributed by atoms with Crippen LogP contribution in [-0.4, -0.2) is 93.5 Å². The minimum absolute atomic E-state index is 0.0158. The monoisotopic (exact) mass is 653 g/mol. The lowest BCUT2D eigenvalue weighted by Gasteiger charge is -2.39. The zero-order chi connectivity index (χ0) is 33.8. The number of piperazine rings is 1. The summed E-state index contributed by atoms with van der Waals surface area (Å²) in [6.07, 6.45) is 3.24. The molecule has 0 spiro atoms. The molecule has 0 radical (unpaired) electrons. The second-order valence-corrected chi connectivity index (χ2v) is 12.4. The molecule has 1 aliphatic carbocycles. The van der Waals surface area contributed by atoms with Gasteiger partial charge in [-0.05, 0) is 37.3 Å². The van der Waals surface area contributed by atoms with Crippen molar-refractivity contribution in [1.29, 1.82) is 0 Å². The molecule has 3 aromatic rings. The Bertz CT molecular complexity index is 1630. The van der Waals surface area contributed by atoms with Crippen molar-refractivity contribution in [3.8, 4) is 5.75 Å². The lowest BCUT2D eigenvalue weighted by atomic mass is 9.83. The molecule has 252 valence electrons. The van der Waals surface area contributed by atoms with Gasteiger partial charge in [-0.1, -0.05) is 49.6 Å². The fourth-order valence-corrected chi connectivity index (χ4v) is 6.41. The lowest BCUT2D eigenvalue weighted by molar-refractivity contribution is -0.140. The maximum atomic E-state index is 15.0. The van der Waals surface area contributed by atoms with E-state index in [9.17, 15) is 33.1 Å². The summed E-state index contributed by atoms with van der Waals surface area (Å²) in [7, 11) is 2.91. The Balaban J connectivity index is 1.29. The predicted octanol–water partition coefficient (Wildman–Crippen LogP) is 4.38. The largest absolute Gasteiger partial charge is 0.485 e. The number of hydrogen-bond donors (Lipinski definition) is 2. The highest BCUT2D eigenvalue weighted by atomic mass is 19.2. The third kappa shape index (κ3) is 7.18. The van der Waals surface area contributed by atoms with E-state index in [4.69, 9.17) is 4.74 Å². The van der Waals surface area contributed by atoms with Crippen LogP contribution in [-0.2, 0) is 23.2 Å². The maximum absolute atomic E-state index is 15.0. The predicted molar refractivity (Wildman–Crippen MR) is 170 cm³/mol. The van der Waals surface area contributed by atoms with Gasteiger partial charge in [0.1, 0.15) is 24.4 Å². The number of nitrogens with zero attached hydrogens (tertiary/aromatic N) is 4. The molecule has 47 heavy (non-hydrogen) atoms. The van der Waals surface area contributed by atoms with Crippen molar-refractivity contribution >= 4 is 34.7 Å². The molecule has 2 aliphatic rings. The highest BCUT2D eigenvalue weighted by Gasteiger charge is 2.37. The number of amides is 4. The Morgan fingerprint density at radius 3 is 2.28 bits per heavy atom. The van der Waals surface area contributed by atoms with Gasteiger partial charge in [-0.2, -0.15) is 4.39 Å². The van der Waals surface area contributed by atoms with Crippen molar-refractivity contribution in [2.24, 2.45) is 13.0 Å². The number of aromatic nitrogens is 1. The van der Waals surface area contributed by atoms with Crippen LogP contribution < -0.4 is 10.1 Å². The molecule has 0 bridgehead atoms. The van der Waals surface area contributed by atoms with Gasteiger partial charge in [0.25, 0.3) is 5.91 Å². The number of halogens is 2. The average Bonchev–Trinajstić information content (AvgIpc) is 3.41. The summed E-state index contributed by atoms with van der Waals surface area (Å²) in [5.41, 5.74) is 1.30. The van der Waals surface area contributed by atoms with Gasteiger partial charge in [-0.25, -0.2) is 9.18 Å². The SMILES string of the molecule is C[C@@H](C(=O)N[C@H](C(=O)N1CCN(C(=O)c2cc3c(OCc4ccccc4)c(F)c(F)cc3n2C)CC1)C1CCCCC1)N(C)C(=O)O. The number of carboxylic acid groups (broad SMARTS) is 1. The van der Waals surface area contributed by atoms with E-state index in [2.05, 4.69) is 5.32 Å². The first-order valence-corrected chi connectivity index (χ1v) is 16.0. The lowest BCUT2D eigenvalue weighted by Crippen LogP contribution is -2.59. The molecule has 2 N–H and O–H groups in total. The molecule has 2 heterocycles. The average molecular weight is 654 g/mol. The quantitative estimate of drug-likeness (QED) is 0.353. The van der Waals surface area contributed by atoms with Crippen LogP contribution in [0.3, 0.4) is 0 Å². The second-order valence-electron chi connectivity index (χ2n) is 12.4. The van der Waals surface area contributed by atoms with Crippen LogP contribution in [0.2, 0.25) is 0 Å². The van der Waals surface area contributed by atoms with E-state index in [1.54, 1.807) is 16.8 Å². The number of benzene rings is 2. The second kappa shape index (κ2) is 14.4. The first kappa shape index (κ1) is 33.7. The van der Waals surface area contributed by atoms with Gasteiger partial charge in [-0.15, -0.1) is 0 Å². The first-order valence-electron chi connectivity index (χ1n) is 16.0. The summed E-state index contributed by atoms with van der Waals surface area (Å²) in [6, 6.07) is 9.86. The standard InChI is InChI=1S/C34H41F2N5O6/c1-21(38(2)34(45)46)31(42)37-29(23-12-8-5-9-13-23)33(44)41-16-14-40(15-17-41)32(43)27-18-24-26(39(27)3)19-25(35)28(36)30(24)47-20-22-10-6-4-7-11-22/h4,6-7,10-11,18-19,21,23,29H,5,8-9,12-17,20H2,1-3H3,(H,37,42)(H,45,46)/t21-,29-/m0/s1. The van der Waals surface area contributed by atoms with Gasteiger partial charge in [0.15, 0.2) is 11.6 Å². The van der Waals surface area contributed by atoms with Crippen LogP contribution in [0.5, 0.6) is 5.75 Å². The van der Waals surface area contributed by atoms with Gasteiger partial charge in [0.05, 0.1) is 5.52 Å². The van der Waals surface area contributed by atoms with E-state index < -0.39 is 35.7 Å². The van der Waals surface area contributed by atoms with Gasteiger partial charge in [0.2, 0.25) is 17.6 Å². The summed E-state index contributed by atoms with van der Waals surface area (Å²) in [5.74, 6) is -3.70. The van der Waals surface area contributed by atoms with Crippen molar-refractivity contribution in [3.63, 3.8) is 0 Å². The number of carbonyl (C=O) groups excluding carboxylic acids is 3. The smallest absolute Gasteiger partial charge is 0.407 e. The fourth-order valence-electron chi connectivity index (χ4n) is 6.41. The molecule has 1 saturated carbocycles. The van der Waals surface area contributed by atoms with Crippen molar-refractivity contribution in [3.05, 3.63) is 65.4 Å². The van der Waals surface area contributed by atoms with Gasteiger partial charge in [0, 0.05) is 51.7 Å². The first-order chi connectivity index (χ1) is 22.5. The minimum atomic E-state index is -1.24. The molecule has 13 heteroatoms. The summed E-state index contributed by atoms with van der Waals surface area (Å²) in [6.45, 7) is 2.39. The summed E-state index contributed by atoms with van der Waals surface area (Å²) < 4.78 is 36.8. The third-order valence-corrected chi connectivity index (χ3v) is 9.47. The van der Waals surface area contributed by atoms with E-state index in [0.29, 0.717) is 5.52 Å². The Labute approximate surface area is 272 Å². The van der Waals surface area contributed by atoms with Crippen LogP contribution in [0.4, 0.5) is 13.6 Å². The zero-order valence-electron chi connectivity index (χ0n) is 26.9. The van der Waals surface area contributed by atoms with Crippen LogP contribution in [0.25, 0.3) is 10.9 Å². The van der Waals surface area contributed by atoms with Gasteiger partial charge >= 0.3 is 6.09 Å². The third-order valence-electron chi connectivity index (χ3n) is 9.47. The van der Waals surface area contributed by atoms with Crippen LogP contribution in [0, 0.1) is 17.6 Å². The molecule has 1 aliphatic heterocycles. The summed E-state index contributed by atoms with van der Waals surface area (Å²) in [4.78, 5) is 56.1. The molecule has 0 unspecified atom stereocenters. The Morgan fingerprint density at radius 2 is 1.64 bits per heavy atom. The van der Waals surface area contributed by atoms with E-state index in [1.165, 1.54) is 24.6 Å². The van der Waals surface area contributed by atoms with Crippen molar-refractivity contribution in [2.75, 3.05) is 33.2 Å².